The smallest absolute Gasteiger partial charge is 0.331 e. The van der Waals surface area contributed by atoms with Gasteiger partial charge in [0.1, 0.15) is 0 Å². The van der Waals surface area contributed by atoms with Gasteiger partial charge in [-0.25, -0.2) is 4.79 Å². The molecular formula is C18H14ClN3O6. The van der Waals surface area contributed by atoms with Gasteiger partial charge in [-0.15, -0.1) is 0 Å². The highest BCUT2D eigenvalue weighted by molar-refractivity contribution is 6.30. The Morgan fingerprint density at radius 2 is 1.82 bits per heavy atom. The normalized spacial score (nSPS) is 10.3. The molecule has 0 saturated heterocycles. The third kappa shape index (κ3) is 6.54. The lowest BCUT2D eigenvalue weighted by Crippen LogP contribution is -2.43. The van der Waals surface area contributed by atoms with Crippen molar-refractivity contribution in [2.45, 2.75) is 0 Å². The maximum absolute atomic E-state index is 11.8. The first-order valence-electron chi connectivity index (χ1n) is 7.79. The van der Waals surface area contributed by atoms with Gasteiger partial charge in [-0.05, 0) is 35.9 Å². The molecule has 0 saturated carbocycles. The van der Waals surface area contributed by atoms with Gasteiger partial charge >= 0.3 is 5.97 Å². The van der Waals surface area contributed by atoms with Crippen LogP contribution in [0.5, 0.6) is 0 Å². The fourth-order valence-corrected chi connectivity index (χ4v) is 2.13. The number of non-ortho nitro benzene ring substituents is 1. The van der Waals surface area contributed by atoms with Crippen LogP contribution in [0.4, 0.5) is 5.69 Å². The Labute approximate surface area is 164 Å². The lowest BCUT2D eigenvalue weighted by Gasteiger charge is -2.07. The molecule has 0 aliphatic rings. The molecule has 0 fully saturated rings. The Morgan fingerprint density at radius 1 is 1.11 bits per heavy atom. The number of esters is 1. The lowest BCUT2D eigenvalue weighted by molar-refractivity contribution is -0.384. The summed E-state index contributed by atoms with van der Waals surface area (Å²) in [6.07, 6.45) is 2.61. The summed E-state index contributed by atoms with van der Waals surface area (Å²) in [5.74, 6) is -2.20. The maximum atomic E-state index is 11.8. The third-order valence-electron chi connectivity index (χ3n) is 3.26. The predicted octanol–water partition coefficient (Wildman–Crippen LogP) is 2.27. The van der Waals surface area contributed by atoms with Crippen LogP contribution in [-0.4, -0.2) is 29.3 Å². The number of halogens is 1. The molecule has 0 aliphatic carbocycles. The van der Waals surface area contributed by atoms with E-state index in [1.54, 1.807) is 24.3 Å². The summed E-state index contributed by atoms with van der Waals surface area (Å²) in [5, 5.41) is 11.1. The average Bonchev–Trinajstić information content (AvgIpc) is 2.69. The largest absolute Gasteiger partial charge is 0.452 e. The van der Waals surface area contributed by atoms with E-state index in [0.29, 0.717) is 10.6 Å². The van der Waals surface area contributed by atoms with E-state index in [1.807, 2.05) is 0 Å². The monoisotopic (exact) mass is 403 g/mol. The van der Waals surface area contributed by atoms with Crippen LogP contribution in [0.2, 0.25) is 5.02 Å². The fourth-order valence-electron chi connectivity index (χ4n) is 1.93. The molecule has 0 aromatic heterocycles. The van der Waals surface area contributed by atoms with Crippen molar-refractivity contribution < 1.29 is 24.0 Å². The number of hydrogen-bond acceptors (Lipinski definition) is 6. The molecule has 0 radical (unpaired) electrons. The molecule has 0 bridgehead atoms. The number of nitrogens with one attached hydrogen (secondary N) is 2. The number of rotatable bonds is 6. The van der Waals surface area contributed by atoms with Crippen molar-refractivity contribution in [3.05, 3.63) is 80.9 Å². The van der Waals surface area contributed by atoms with E-state index in [9.17, 15) is 24.5 Å². The van der Waals surface area contributed by atoms with Gasteiger partial charge in [0, 0.05) is 28.8 Å². The van der Waals surface area contributed by atoms with Gasteiger partial charge in [0.15, 0.2) is 6.61 Å². The summed E-state index contributed by atoms with van der Waals surface area (Å²) in [4.78, 5) is 45.0. The number of carbonyl (C=O) groups excluding carboxylic acids is 3. The minimum absolute atomic E-state index is 0.104. The number of nitro groups is 1. The van der Waals surface area contributed by atoms with Crippen LogP contribution in [0.25, 0.3) is 6.08 Å². The van der Waals surface area contributed by atoms with Crippen molar-refractivity contribution in [2.24, 2.45) is 0 Å². The van der Waals surface area contributed by atoms with Gasteiger partial charge in [0.2, 0.25) is 0 Å². The maximum Gasteiger partial charge on any atom is 0.331 e. The quantitative estimate of drug-likeness (QED) is 0.329. The van der Waals surface area contributed by atoms with Crippen molar-refractivity contribution >= 4 is 41.1 Å². The molecule has 0 spiro atoms. The summed E-state index contributed by atoms with van der Waals surface area (Å²) in [6, 6.07) is 11.6. The summed E-state index contributed by atoms with van der Waals surface area (Å²) < 4.78 is 4.74. The van der Waals surface area contributed by atoms with Crippen LogP contribution in [0.1, 0.15) is 15.9 Å². The molecular weight excluding hydrogens is 390 g/mol. The molecule has 2 amide bonds. The van der Waals surface area contributed by atoms with Gasteiger partial charge in [0.25, 0.3) is 17.5 Å². The second-order valence-electron chi connectivity index (χ2n) is 5.30. The van der Waals surface area contributed by atoms with Crippen LogP contribution in [0, 0.1) is 10.1 Å². The number of nitrogens with zero attached hydrogens (tertiary/aromatic N) is 1. The van der Waals surface area contributed by atoms with Gasteiger partial charge in [-0.3, -0.25) is 30.6 Å². The van der Waals surface area contributed by atoms with E-state index in [1.165, 1.54) is 18.2 Å². The van der Waals surface area contributed by atoms with Crippen molar-refractivity contribution in [3.63, 3.8) is 0 Å². The molecule has 0 unspecified atom stereocenters. The number of amides is 2. The second-order valence-corrected chi connectivity index (χ2v) is 5.74. The van der Waals surface area contributed by atoms with Crippen LogP contribution in [0.3, 0.4) is 0 Å². The highest BCUT2D eigenvalue weighted by Crippen LogP contribution is 2.12. The lowest BCUT2D eigenvalue weighted by atomic mass is 10.2. The highest BCUT2D eigenvalue weighted by atomic mass is 35.5. The zero-order valence-corrected chi connectivity index (χ0v) is 15.0. The first-order chi connectivity index (χ1) is 13.3. The molecule has 0 aliphatic heterocycles. The Hall–Kier alpha value is -3.72. The van der Waals surface area contributed by atoms with Crippen LogP contribution >= 0.6 is 11.6 Å². The van der Waals surface area contributed by atoms with E-state index >= 15 is 0 Å². The molecule has 0 heterocycles. The number of ether oxygens (including phenoxy) is 1. The summed E-state index contributed by atoms with van der Waals surface area (Å²) in [6.45, 7) is -0.612. The Kier molecular flexibility index (Phi) is 7.23. The van der Waals surface area contributed by atoms with E-state index in [0.717, 1.165) is 18.2 Å². The van der Waals surface area contributed by atoms with Crippen LogP contribution < -0.4 is 10.9 Å². The van der Waals surface area contributed by atoms with Gasteiger partial charge in [-0.2, -0.15) is 0 Å². The molecule has 2 aromatic carbocycles. The van der Waals surface area contributed by atoms with Gasteiger partial charge in [0.05, 0.1) is 4.92 Å². The zero-order valence-electron chi connectivity index (χ0n) is 14.3. The molecule has 28 heavy (non-hydrogen) atoms. The minimum Gasteiger partial charge on any atom is -0.452 e. The Morgan fingerprint density at radius 3 is 2.46 bits per heavy atom. The highest BCUT2D eigenvalue weighted by Gasteiger charge is 2.11. The molecule has 9 nitrogen and oxygen atoms in total. The topological polar surface area (TPSA) is 128 Å². The molecule has 2 rings (SSSR count). The zero-order chi connectivity index (χ0) is 20.5. The third-order valence-corrected chi connectivity index (χ3v) is 3.50. The van der Waals surface area contributed by atoms with E-state index in [2.05, 4.69) is 10.9 Å². The van der Waals surface area contributed by atoms with Gasteiger partial charge < -0.3 is 4.74 Å². The molecule has 2 N–H and O–H groups in total. The second kappa shape index (κ2) is 9.83. The standard InChI is InChI=1S/C18H14ClN3O6/c19-14-3-1-2-12(10-14)4-9-17(24)28-11-16(23)20-21-18(25)13-5-7-15(8-6-13)22(26)27/h1-10H,11H2,(H,20,23)(H,21,25)/b9-4+. The number of carbonyl (C=O) groups is 3. The first kappa shape index (κ1) is 20.6. The molecule has 2 aromatic rings. The van der Waals surface area contributed by atoms with Crippen molar-refractivity contribution in [1.29, 1.82) is 0 Å². The van der Waals surface area contributed by atoms with Crippen molar-refractivity contribution in [2.75, 3.05) is 6.61 Å². The van der Waals surface area contributed by atoms with E-state index in [4.69, 9.17) is 16.3 Å². The van der Waals surface area contributed by atoms with Crippen molar-refractivity contribution in [1.82, 2.24) is 10.9 Å². The Balaban J connectivity index is 1.75. The minimum atomic E-state index is -0.764. The van der Waals surface area contributed by atoms with Crippen LogP contribution in [-0.2, 0) is 14.3 Å². The average molecular weight is 404 g/mol. The molecule has 0 atom stereocenters. The predicted molar refractivity (Wildman–Crippen MR) is 100 cm³/mol. The van der Waals surface area contributed by atoms with Crippen LogP contribution in [0.15, 0.2) is 54.6 Å². The molecule has 144 valence electrons. The summed E-state index contributed by atoms with van der Waals surface area (Å²) in [5.41, 5.74) is 4.79. The summed E-state index contributed by atoms with van der Waals surface area (Å²) in [7, 11) is 0. The fraction of sp³-hybridized carbons (Fsp3) is 0.0556. The number of benzene rings is 2. The van der Waals surface area contributed by atoms with Gasteiger partial charge in [-0.1, -0.05) is 23.7 Å². The summed E-state index contributed by atoms with van der Waals surface area (Å²) >= 11 is 5.82. The van der Waals surface area contributed by atoms with E-state index in [-0.39, 0.29) is 11.3 Å². The van der Waals surface area contributed by atoms with E-state index < -0.39 is 29.3 Å². The number of hydrazine groups is 1. The first-order valence-corrected chi connectivity index (χ1v) is 8.17. The van der Waals surface area contributed by atoms with Crippen molar-refractivity contribution in [3.8, 4) is 0 Å². The SMILES string of the molecule is O=C(COC(=O)/C=C/c1cccc(Cl)c1)NNC(=O)c1ccc([N+](=O)[O-])cc1. The number of nitro benzene ring substituents is 1. The Bertz CT molecular complexity index is 927. The molecule has 10 heteroatoms. The number of hydrogen-bond donors (Lipinski definition) is 2.